The first kappa shape index (κ1) is 12.7. The Hall–Kier alpha value is -1.77. The van der Waals surface area contributed by atoms with Crippen molar-refractivity contribution >= 4 is 16.8 Å². The van der Waals surface area contributed by atoms with Crippen LogP contribution in [0.2, 0.25) is 0 Å². The Balaban J connectivity index is 2.03. The van der Waals surface area contributed by atoms with E-state index in [1.807, 2.05) is 30.5 Å². The van der Waals surface area contributed by atoms with Crippen molar-refractivity contribution in [1.29, 1.82) is 0 Å². The van der Waals surface area contributed by atoms with E-state index >= 15 is 0 Å². The van der Waals surface area contributed by atoms with Crippen LogP contribution in [-0.2, 0) is 11.2 Å². The van der Waals surface area contributed by atoms with Gasteiger partial charge in [0.05, 0.1) is 6.42 Å². The van der Waals surface area contributed by atoms with Gasteiger partial charge in [0.1, 0.15) is 0 Å². The number of rotatable bonds is 5. The topological polar surface area (TPSA) is 44.9 Å². The Bertz CT molecular complexity index is 530. The van der Waals surface area contributed by atoms with E-state index in [2.05, 4.69) is 24.1 Å². The van der Waals surface area contributed by atoms with Gasteiger partial charge in [-0.3, -0.25) is 4.79 Å². The molecule has 1 amide bonds. The summed E-state index contributed by atoms with van der Waals surface area (Å²) in [5.74, 6) is 0.0979. The van der Waals surface area contributed by atoms with Crippen LogP contribution in [0.3, 0.4) is 0 Å². The maximum Gasteiger partial charge on any atom is 0.224 e. The van der Waals surface area contributed by atoms with Gasteiger partial charge in [-0.2, -0.15) is 0 Å². The van der Waals surface area contributed by atoms with Crippen LogP contribution in [0.15, 0.2) is 30.5 Å². The number of hydrogen-bond acceptors (Lipinski definition) is 1. The predicted molar refractivity (Wildman–Crippen MR) is 74.5 cm³/mol. The number of H-pyrrole nitrogens is 1. The van der Waals surface area contributed by atoms with E-state index in [9.17, 15) is 4.79 Å². The monoisotopic (exact) mass is 244 g/mol. The molecule has 0 aliphatic carbocycles. The summed E-state index contributed by atoms with van der Waals surface area (Å²) in [6, 6.07) is 8.32. The Kier molecular flexibility index (Phi) is 4.03. The van der Waals surface area contributed by atoms with Gasteiger partial charge in [0, 0.05) is 23.1 Å². The summed E-state index contributed by atoms with van der Waals surface area (Å²) in [7, 11) is 0. The minimum Gasteiger partial charge on any atom is -0.361 e. The summed E-state index contributed by atoms with van der Waals surface area (Å²) in [4.78, 5) is 15.1. The van der Waals surface area contributed by atoms with Crippen molar-refractivity contribution in [3.05, 3.63) is 36.0 Å². The first-order valence-electron chi connectivity index (χ1n) is 6.55. The maximum absolute atomic E-state index is 11.9. The second kappa shape index (κ2) is 5.71. The second-order valence-corrected chi connectivity index (χ2v) is 4.79. The molecule has 0 aliphatic heterocycles. The van der Waals surface area contributed by atoms with E-state index in [0.29, 0.717) is 6.42 Å². The normalized spacial score (nSPS) is 12.6. The lowest BCUT2D eigenvalue weighted by atomic mass is 10.1. The summed E-state index contributed by atoms with van der Waals surface area (Å²) in [6.07, 6.45) is 4.49. The molecule has 96 valence electrons. The molecule has 3 nitrogen and oxygen atoms in total. The average molecular weight is 244 g/mol. The van der Waals surface area contributed by atoms with Gasteiger partial charge < -0.3 is 10.3 Å². The van der Waals surface area contributed by atoms with Crippen LogP contribution in [-0.4, -0.2) is 16.9 Å². The number of benzene rings is 1. The molecular weight excluding hydrogens is 224 g/mol. The minimum absolute atomic E-state index is 0.0979. The molecule has 1 heterocycles. The Labute approximate surface area is 108 Å². The van der Waals surface area contributed by atoms with Crippen LogP contribution in [0.5, 0.6) is 0 Å². The van der Waals surface area contributed by atoms with Crippen LogP contribution in [0, 0.1) is 0 Å². The highest BCUT2D eigenvalue weighted by molar-refractivity contribution is 5.88. The minimum atomic E-state index is 0.0979. The molecule has 0 aliphatic rings. The quantitative estimate of drug-likeness (QED) is 0.834. The van der Waals surface area contributed by atoms with Crippen molar-refractivity contribution in [3.8, 4) is 0 Å². The van der Waals surface area contributed by atoms with Crippen LogP contribution in [0.1, 0.15) is 32.3 Å². The molecule has 0 spiro atoms. The fraction of sp³-hybridized carbons (Fsp3) is 0.400. The molecule has 0 radical (unpaired) electrons. The zero-order chi connectivity index (χ0) is 13.0. The molecule has 0 saturated heterocycles. The summed E-state index contributed by atoms with van der Waals surface area (Å²) >= 11 is 0. The molecule has 0 fully saturated rings. The van der Waals surface area contributed by atoms with E-state index in [1.165, 1.54) is 0 Å². The number of amides is 1. The molecule has 2 aromatic rings. The number of aromatic amines is 1. The van der Waals surface area contributed by atoms with E-state index < -0.39 is 0 Å². The first-order chi connectivity index (χ1) is 8.70. The lowest BCUT2D eigenvalue weighted by Crippen LogP contribution is -2.33. The molecule has 0 bridgehead atoms. The zero-order valence-corrected chi connectivity index (χ0v) is 11.0. The summed E-state index contributed by atoms with van der Waals surface area (Å²) in [5.41, 5.74) is 2.15. The third-order valence-electron chi connectivity index (χ3n) is 3.16. The summed E-state index contributed by atoms with van der Waals surface area (Å²) in [6.45, 7) is 4.18. The van der Waals surface area contributed by atoms with Crippen molar-refractivity contribution in [2.75, 3.05) is 0 Å². The van der Waals surface area contributed by atoms with Gasteiger partial charge in [-0.25, -0.2) is 0 Å². The zero-order valence-electron chi connectivity index (χ0n) is 11.0. The van der Waals surface area contributed by atoms with Gasteiger partial charge in [-0.15, -0.1) is 0 Å². The number of para-hydroxylation sites is 1. The SMILES string of the molecule is CCCC(C)NC(=O)Cc1c[nH]c2ccccc12. The van der Waals surface area contributed by atoms with Crippen molar-refractivity contribution < 1.29 is 4.79 Å². The Morgan fingerprint density at radius 3 is 2.94 bits per heavy atom. The van der Waals surface area contributed by atoms with Crippen molar-refractivity contribution in [3.63, 3.8) is 0 Å². The number of hydrogen-bond donors (Lipinski definition) is 2. The van der Waals surface area contributed by atoms with Gasteiger partial charge >= 0.3 is 0 Å². The van der Waals surface area contributed by atoms with Gasteiger partial charge in [0.25, 0.3) is 0 Å². The molecule has 1 atom stereocenters. The maximum atomic E-state index is 11.9. The first-order valence-corrected chi connectivity index (χ1v) is 6.55. The van der Waals surface area contributed by atoms with Gasteiger partial charge in [0.15, 0.2) is 0 Å². The van der Waals surface area contributed by atoms with Crippen LogP contribution >= 0.6 is 0 Å². The smallest absolute Gasteiger partial charge is 0.224 e. The molecule has 1 unspecified atom stereocenters. The number of carbonyl (C=O) groups excluding carboxylic acids is 1. The Morgan fingerprint density at radius 1 is 1.39 bits per heavy atom. The molecule has 1 aromatic carbocycles. The van der Waals surface area contributed by atoms with E-state index in [-0.39, 0.29) is 11.9 Å². The van der Waals surface area contributed by atoms with Crippen molar-refractivity contribution in [2.45, 2.75) is 39.2 Å². The standard InChI is InChI=1S/C15H20N2O/c1-3-6-11(2)17-15(18)9-12-10-16-14-8-5-4-7-13(12)14/h4-5,7-8,10-11,16H,3,6,9H2,1-2H3,(H,17,18). The highest BCUT2D eigenvalue weighted by Crippen LogP contribution is 2.18. The van der Waals surface area contributed by atoms with Crippen LogP contribution < -0.4 is 5.32 Å². The summed E-state index contributed by atoms with van der Waals surface area (Å²) < 4.78 is 0. The van der Waals surface area contributed by atoms with Crippen LogP contribution in [0.25, 0.3) is 10.9 Å². The lowest BCUT2D eigenvalue weighted by Gasteiger charge is -2.12. The van der Waals surface area contributed by atoms with E-state index in [0.717, 1.165) is 29.3 Å². The lowest BCUT2D eigenvalue weighted by molar-refractivity contribution is -0.121. The Morgan fingerprint density at radius 2 is 2.17 bits per heavy atom. The molecule has 2 N–H and O–H groups in total. The fourth-order valence-electron chi connectivity index (χ4n) is 2.28. The molecule has 3 heteroatoms. The molecule has 0 saturated carbocycles. The average Bonchev–Trinajstić information content (AvgIpc) is 2.73. The van der Waals surface area contributed by atoms with Gasteiger partial charge in [-0.05, 0) is 25.0 Å². The van der Waals surface area contributed by atoms with E-state index in [1.54, 1.807) is 0 Å². The summed E-state index contributed by atoms with van der Waals surface area (Å²) in [5, 5.41) is 4.17. The largest absolute Gasteiger partial charge is 0.361 e. The number of aromatic nitrogens is 1. The van der Waals surface area contributed by atoms with Gasteiger partial charge in [0.2, 0.25) is 5.91 Å². The highest BCUT2D eigenvalue weighted by atomic mass is 16.1. The second-order valence-electron chi connectivity index (χ2n) is 4.79. The van der Waals surface area contributed by atoms with Crippen molar-refractivity contribution in [2.24, 2.45) is 0 Å². The van der Waals surface area contributed by atoms with Crippen molar-refractivity contribution in [1.82, 2.24) is 10.3 Å². The number of fused-ring (bicyclic) bond motifs is 1. The number of nitrogens with one attached hydrogen (secondary N) is 2. The molecule has 2 rings (SSSR count). The molecule has 18 heavy (non-hydrogen) atoms. The highest BCUT2D eigenvalue weighted by Gasteiger charge is 2.10. The fourth-order valence-corrected chi connectivity index (χ4v) is 2.28. The third-order valence-corrected chi connectivity index (χ3v) is 3.16. The molecule has 1 aromatic heterocycles. The predicted octanol–water partition coefficient (Wildman–Crippen LogP) is 3.02. The van der Waals surface area contributed by atoms with E-state index in [4.69, 9.17) is 0 Å². The van der Waals surface area contributed by atoms with Gasteiger partial charge in [-0.1, -0.05) is 31.5 Å². The molecular formula is C15H20N2O. The third kappa shape index (κ3) is 2.92. The van der Waals surface area contributed by atoms with Crippen LogP contribution in [0.4, 0.5) is 0 Å². The number of carbonyl (C=O) groups is 1.